The Hall–Kier alpha value is -3.11. The van der Waals surface area contributed by atoms with Crippen LogP contribution in [-0.2, 0) is 24.0 Å². The van der Waals surface area contributed by atoms with Crippen LogP contribution in [0.5, 0.6) is 0 Å². The number of aliphatic hydroxyl groups excluding tert-OH is 1. The molecule has 0 spiro atoms. The van der Waals surface area contributed by atoms with Crippen molar-refractivity contribution in [3.63, 3.8) is 0 Å². The van der Waals surface area contributed by atoms with Gasteiger partial charge in [0.25, 0.3) is 0 Å². The molecule has 15 nitrogen and oxygen atoms in total. The number of carbonyl (C=O) groups is 5. The van der Waals surface area contributed by atoms with Crippen molar-refractivity contribution in [2.24, 2.45) is 27.9 Å². The number of primary amides is 1. The molecule has 0 bridgehead atoms. The minimum absolute atomic E-state index is 0.00869. The SMILES string of the molecule is CC(O)C(NC(=O)C(CCCN=C(N)N)NC(=O)C(N)CS)C(=O)NC(CCC(N)=O)C(=O)O. The molecule has 5 atom stereocenters. The van der Waals surface area contributed by atoms with Crippen LogP contribution in [0.3, 0.4) is 0 Å². The zero-order valence-electron chi connectivity index (χ0n) is 18.8. The number of aliphatic carboxylic acids is 1. The zero-order valence-corrected chi connectivity index (χ0v) is 19.7. The summed E-state index contributed by atoms with van der Waals surface area (Å²) in [5.41, 5.74) is 21.1. The summed E-state index contributed by atoms with van der Waals surface area (Å²) in [4.78, 5) is 63.7. The van der Waals surface area contributed by atoms with Gasteiger partial charge in [0, 0.05) is 18.7 Å². The fourth-order valence-electron chi connectivity index (χ4n) is 2.60. The van der Waals surface area contributed by atoms with Crippen molar-refractivity contribution in [1.29, 1.82) is 0 Å². The average Bonchev–Trinajstić information content (AvgIpc) is 2.74. The van der Waals surface area contributed by atoms with Crippen molar-refractivity contribution >= 4 is 48.2 Å². The summed E-state index contributed by atoms with van der Waals surface area (Å²) in [5, 5.41) is 26.1. The first kappa shape index (κ1) is 30.9. The third-order valence-electron chi connectivity index (χ3n) is 4.47. The topological polar surface area (TPSA) is 278 Å². The molecule has 0 aliphatic heterocycles. The fourth-order valence-corrected chi connectivity index (χ4v) is 2.76. The molecule has 0 rings (SSSR count). The normalized spacial score (nSPS) is 15.1. The zero-order chi connectivity index (χ0) is 26.4. The second kappa shape index (κ2) is 15.7. The number of nitrogens with one attached hydrogen (secondary N) is 3. The van der Waals surface area contributed by atoms with Gasteiger partial charge in [-0.1, -0.05) is 0 Å². The molecule has 0 aliphatic rings. The summed E-state index contributed by atoms with van der Waals surface area (Å²) >= 11 is 3.93. The molecular weight excluding hydrogens is 472 g/mol. The van der Waals surface area contributed by atoms with E-state index >= 15 is 0 Å². The first-order valence-corrected chi connectivity index (χ1v) is 11.0. The van der Waals surface area contributed by atoms with Crippen LogP contribution in [0.2, 0.25) is 0 Å². The van der Waals surface area contributed by atoms with Gasteiger partial charge < -0.3 is 49.1 Å². The molecule has 0 radical (unpaired) electrons. The lowest BCUT2D eigenvalue weighted by atomic mass is 10.1. The number of amides is 4. The van der Waals surface area contributed by atoms with Crippen LogP contribution >= 0.6 is 12.6 Å². The maximum atomic E-state index is 12.8. The van der Waals surface area contributed by atoms with Gasteiger partial charge in [0.15, 0.2) is 5.96 Å². The Kier molecular flexibility index (Phi) is 14.2. The molecule has 0 aliphatic carbocycles. The third kappa shape index (κ3) is 12.2. The molecule has 5 unspecified atom stereocenters. The van der Waals surface area contributed by atoms with Crippen LogP contribution in [-0.4, -0.2) is 88.3 Å². The van der Waals surface area contributed by atoms with Crippen LogP contribution in [0.1, 0.15) is 32.6 Å². The van der Waals surface area contributed by atoms with Gasteiger partial charge in [-0.3, -0.25) is 24.2 Å². The highest BCUT2D eigenvalue weighted by Gasteiger charge is 2.32. The van der Waals surface area contributed by atoms with E-state index in [2.05, 4.69) is 33.6 Å². The number of carboxylic acids is 1. The van der Waals surface area contributed by atoms with E-state index in [1.807, 2.05) is 0 Å². The lowest BCUT2D eigenvalue weighted by Crippen LogP contribution is -2.60. The first-order valence-electron chi connectivity index (χ1n) is 10.3. The Balaban J connectivity index is 5.45. The maximum absolute atomic E-state index is 12.8. The number of nitrogens with zero attached hydrogens (tertiary/aromatic N) is 1. The quantitative estimate of drug-likeness (QED) is 0.0414. The van der Waals surface area contributed by atoms with Crippen LogP contribution in [0.15, 0.2) is 4.99 Å². The minimum atomic E-state index is -1.57. The molecule has 0 aromatic heterocycles. The van der Waals surface area contributed by atoms with Crippen LogP contribution in [0, 0.1) is 0 Å². The van der Waals surface area contributed by atoms with E-state index in [-0.39, 0.29) is 43.9 Å². The van der Waals surface area contributed by atoms with Crippen molar-refractivity contribution in [2.45, 2.75) is 62.9 Å². The van der Waals surface area contributed by atoms with Gasteiger partial charge in [-0.2, -0.15) is 12.6 Å². The summed E-state index contributed by atoms with van der Waals surface area (Å²) in [6, 6.07) is -5.24. The fraction of sp³-hybridized carbons (Fsp3) is 0.667. The molecule has 34 heavy (non-hydrogen) atoms. The van der Waals surface area contributed by atoms with Gasteiger partial charge >= 0.3 is 5.97 Å². The molecule has 0 fully saturated rings. The average molecular weight is 507 g/mol. The van der Waals surface area contributed by atoms with Crippen molar-refractivity contribution < 1.29 is 34.2 Å². The molecule has 13 N–H and O–H groups in total. The summed E-state index contributed by atoms with van der Waals surface area (Å²) in [5.74, 6) is -4.87. The van der Waals surface area contributed by atoms with E-state index in [4.69, 9.17) is 22.9 Å². The van der Waals surface area contributed by atoms with Crippen molar-refractivity contribution in [3.8, 4) is 0 Å². The lowest BCUT2D eigenvalue weighted by molar-refractivity contribution is -0.143. The Bertz CT molecular complexity index is 761. The van der Waals surface area contributed by atoms with E-state index in [1.165, 1.54) is 6.92 Å². The largest absolute Gasteiger partial charge is 0.480 e. The number of hydrogen-bond acceptors (Lipinski definition) is 9. The standard InChI is InChI=1S/C18H34N8O7S/c1-8(27)13(16(31)25-11(17(32)33)4-5-12(20)28)26-15(30)10(3-2-6-23-18(21)22)24-14(29)9(19)7-34/h8-11,13,27,34H,2-7,19H2,1H3,(H2,20,28)(H,24,29)(H,25,31)(H,26,30)(H,32,33)(H4,21,22,23). The molecule has 194 valence electrons. The van der Waals surface area contributed by atoms with E-state index in [0.29, 0.717) is 0 Å². The molecule has 4 amide bonds. The van der Waals surface area contributed by atoms with Crippen molar-refractivity contribution in [3.05, 3.63) is 0 Å². The smallest absolute Gasteiger partial charge is 0.326 e. The summed E-state index contributed by atoms with van der Waals surface area (Å²) in [6.07, 6.45) is -1.71. The third-order valence-corrected chi connectivity index (χ3v) is 4.86. The number of hydrogen-bond donors (Lipinski definition) is 10. The molecule has 16 heteroatoms. The number of aliphatic hydroxyl groups is 1. The molecular formula is C18H34N8O7S. The predicted molar refractivity (Wildman–Crippen MR) is 125 cm³/mol. The van der Waals surface area contributed by atoms with Gasteiger partial charge in [-0.05, 0) is 26.2 Å². The lowest BCUT2D eigenvalue weighted by Gasteiger charge is -2.26. The van der Waals surface area contributed by atoms with E-state index in [1.54, 1.807) is 0 Å². The number of rotatable bonds is 16. The molecule has 0 aromatic rings. The van der Waals surface area contributed by atoms with Crippen LogP contribution in [0.25, 0.3) is 0 Å². The van der Waals surface area contributed by atoms with Crippen LogP contribution in [0.4, 0.5) is 0 Å². The van der Waals surface area contributed by atoms with Gasteiger partial charge in [0.2, 0.25) is 23.6 Å². The second-order valence-electron chi connectivity index (χ2n) is 7.43. The highest BCUT2D eigenvalue weighted by molar-refractivity contribution is 7.80. The molecule has 0 aromatic carbocycles. The number of thiol groups is 1. The van der Waals surface area contributed by atoms with Crippen molar-refractivity contribution in [2.75, 3.05) is 12.3 Å². The Labute approximate surface area is 201 Å². The Morgan fingerprint density at radius 1 is 0.941 bits per heavy atom. The summed E-state index contributed by atoms with van der Waals surface area (Å²) in [7, 11) is 0. The van der Waals surface area contributed by atoms with E-state index < -0.39 is 59.9 Å². The van der Waals surface area contributed by atoms with Gasteiger partial charge in [0.1, 0.15) is 18.1 Å². The Morgan fingerprint density at radius 2 is 1.53 bits per heavy atom. The highest BCUT2D eigenvalue weighted by atomic mass is 32.1. The number of nitrogens with two attached hydrogens (primary N) is 4. The predicted octanol–water partition coefficient (Wildman–Crippen LogP) is -4.52. The summed E-state index contributed by atoms with van der Waals surface area (Å²) in [6.45, 7) is 1.36. The van der Waals surface area contributed by atoms with Crippen LogP contribution < -0.4 is 38.9 Å². The highest BCUT2D eigenvalue weighted by Crippen LogP contribution is 2.04. The van der Waals surface area contributed by atoms with E-state index in [9.17, 15) is 34.2 Å². The number of guanidine groups is 1. The van der Waals surface area contributed by atoms with Gasteiger partial charge in [-0.25, -0.2) is 4.79 Å². The Morgan fingerprint density at radius 3 is 2.00 bits per heavy atom. The molecule has 0 saturated carbocycles. The number of carbonyl (C=O) groups excluding carboxylic acids is 4. The molecule has 0 heterocycles. The minimum Gasteiger partial charge on any atom is -0.480 e. The van der Waals surface area contributed by atoms with Crippen molar-refractivity contribution in [1.82, 2.24) is 16.0 Å². The van der Waals surface area contributed by atoms with Gasteiger partial charge in [0.05, 0.1) is 12.1 Å². The monoisotopic (exact) mass is 506 g/mol. The van der Waals surface area contributed by atoms with Gasteiger partial charge in [-0.15, -0.1) is 0 Å². The number of carboxylic acid groups (broad SMARTS) is 1. The maximum Gasteiger partial charge on any atom is 0.326 e. The summed E-state index contributed by atoms with van der Waals surface area (Å²) < 4.78 is 0. The van der Waals surface area contributed by atoms with E-state index in [0.717, 1.165) is 0 Å². The first-order chi connectivity index (χ1) is 15.8. The number of aliphatic imine (C=N–C) groups is 1. The molecule has 0 saturated heterocycles. The second-order valence-corrected chi connectivity index (χ2v) is 7.80.